The number of hydrogen-bond donors (Lipinski definition) is 1. The Labute approximate surface area is 135 Å². The molecule has 1 aliphatic rings. The molecule has 22 heavy (non-hydrogen) atoms. The summed E-state index contributed by atoms with van der Waals surface area (Å²) in [6.07, 6.45) is 3.66. The number of non-ortho nitro benzene ring substituents is 1. The van der Waals surface area contributed by atoms with Gasteiger partial charge >= 0.3 is 5.97 Å². The normalized spacial score (nSPS) is 14.6. The number of hydrogen-bond acceptors (Lipinski definition) is 5. The van der Waals surface area contributed by atoms with E-state index in [0.717, 1.165) is 25.7 Å². The van der Waals surface area contributed by atoms with Gasteiger partial charge in [-0.1, -0.05) is 12.8 Å². The lowest BCUT2D eigenvalue weighted by Crippen LogP contribution is -2.23. The number of nitro groups is 1. The summed E-state index contributed by atoms with van der Waals surface area (Å²) in [5.74, 6) is -0.921. The number of esters is 1. The molecule has 1 saturated carbocycles. The van der Waals surface area contributed by atoms with Gasteiger partial charge in [-0.3, -0.25) is 19.7 Å². The van der Waals surface area contributed by atoms with Crippen molar-refractivity contribution >= 4 is 39.2 Å². The summed E-state index contributed by atoms with van der Waals surface area (Å²) in [4.78, 5) is 33.6. The molecule has 0 spiro atoms. The lowest BCUT2D eigenvalue weighted by Gasteiger charge is -2.10. The predicted molar refractivity (Wildman–Crippen MR) is 82.3 cm³/mol. The number of rotatable bonds is 5. The molecule has 0 atom stereocenters. The predicted octanol–water partition coefficient (Wildman–Crippen LogP) is 3.03. The van der Waals surface area contributed by atoms with Crippen LogP contribution in [0.4, 0.5) is 11.4 Å². The van der Waals surface area contributed by atoms with Gasteiger partial charge in [-0.2, -0.15) is 0 Å². The first-order valence-electron chi connectivity index (χ1n) is 6.88. The lowest BCUT2D eigenvalue weighted by molar-refractivity contribution is -0.384. The van der Waals surface area contributed by atoms with Crippen LogP contribution >= 0.6 is 15.9 Å². The minimum absolute atomic E-state index is 0.0856. The van der Waals surface area contributed by atoms with E-state index in [1.165, 1.54) is 18.2 Å². The van der Waals surface area contributed by atoms with Gasteiger partial charge in [-0.05, 0) is 34.8 Å². The molecule has 1 fully saturated rings. The number of ether oxygens (including phenoxy) is 1. The molecular formula is C14H15BrN2O5. The minimum atomic E-state index is -0.528. The summed E-state index contributed by atoms with van der Waals surface area (Å²) in [7, 11) is 0. The largest absolute Gasteiger partial charge is 0.455 e. The van der Waals surface area contributed by atoms with Crippen LogP contribution in [-0.4, -0.2) is 23.4 Å². The minimum Gasteiger partial charge on any atom is -0.455 e. The quantitative estimate of drug-likeness (QED) is 0.487. The second kappa shape index (κ2) is 7.35. The van der Waals surface area contributed by atoms with Gasteiger partial charge in [-0.25, -0.2) is 0 Å². The number of nitrogens with one attached hydrogen (secondary N) is 1. The van der Waals surface area contributed by atoms with Gasteiger partial charge in [-0.15, -0.1) is 0 Å². The Bertz CT molecular complexity index is 599. The van der Waals surface area contributed by atoms with Crippen LogP contribution < -0.4 is 5.32 Å². The molecule has 1 aromatic rings. The van der Waals surface area contributed by atoms with Crippen LogP contribution in [0.15, 0.2) is 22.7 Å². The first-order valence-corrected chi connectivity index (χ1v) is 7.67. The van der Waals surface area contributed by atoms with Crippen LogP contribution in [0.2, 0.25) is 0 Å². The fraction of sp³-hybridized carbons (Fsp3) is 0.429. The van der Waals surface area contributed by atoms with Crippen molar-refractivity contribution in [1.82, 2.24) is 0 Å². The smallest absolute Gasteiger partial charge is 0.309 e. The molecule has 0 heterocycles. The van der Waals surface area contributed by atoms with Crippen LogP contribution in [0, 0.1) is 16.0 Å². The average molecular weight is 371 g/mol. The highest BCUT2D eigenvalue weighted by atomic mass is 79.9. The monoisotopic (exact) mass is 370 g/mol. The second-order valence-corrected chi connectivity index (χ2v) is 5.91. The molecule has 0 unspecified atom stereocenters. The van der Waals surface area contributed by atoms with Crippen LogP contribution in [0.5, 0.6) is 0 Å². The maximum atomic E-state index is 11.8. The third kappa shape index (κ3) is 4.27. The van der Waals surface area contributed by atoms with E-state index in [9.17, 15) is 19.7 Å². The first kappa shape index (κ1) is 16.4. The van der Waals surface area contributed by atoms with Crippen molar-refractivity contribution in [3.8, 4) is 0 Å². The maximum absolute atomic E-state index is 11.8. The summed E-state index contributed by atoms with van der Waals surface area (Å²) in [6, 6.07) is 3.99. The van der Waals surface area contributed by atoms with Crippen molar-refractivity contribution < 1.29 is 19.2 Å². The van der Waals surface area contributed by atoms with Gasteiger partial charge in [0.05, 0.1) is 16.5 Å². The van der Waals surface area contributed by atoms with Crippen LogP contribution in [0.1, 0.15) is 25.7 Å². The number of amides is 1. The van der Waals surface area contributed by atoms with E-state index in [-0.39, 0.29) is 24.2 Å². The molecule has 118 valence electrons. The van der Waals surface area contributed by atoms with Gasteiger partial charge in [0, 0.05) is 16.6 Å². The molecule has 1 aliphatic carbocycles. The number of anilines is 1. The van der Waals surface area contributed by atoms with E-state index < -0.39 is 10.8 Å². The topological polar surface area (TPSA) is 98.5 Å². The van der Waals surface area contributed by atoms with E-state index in [1.54, 1.807) is 0 Å². The molecule has 8 heteroatoms. The molecule has 1 N–H and O–H groups in total. The van der Waals surface area contributed by atoms with Crippen molar-refractivity contribution in [2.75, 3.05) is 11.9 Å². The van der Waals surface area contributed by atoms with Crippen molar-refractivity contribution in [1.29, 1.82) is 0 Å². The van der Waals surface area contributed by atoms with Gasteiger partial charge in [0.2, 0.25) is 0 Å². The van der Waals surface area contributed by atoms with Crippen molar-refractivity contribution in [3.63, 3.8) is 0 Å². The summed E-state index contributed by atoms with van der Waals surface area (Å²) >= 11 is 3.15. The van der Waals surface area contributed by atoms with Gasteiger partial charge < -0.3 is 10.1 Å². The molecule has 1 aromatic carbocycles. The Morgan fingerprint density at radius 1 is 1.36 bits per heavy atom. The SMILES string of the molecule is O=C(COC(=O)C1CCCC1)Nc1ccc([N+](=O)[O-])cc1Br. The third-order valence-electron chi connectivity index (χ3n) is 3.47. The molecule has 0 aliphatic heterocycles. The van der Waals surface area contributed by atoms with E-state index in [1.807, 2.05) is 0 Å². The molecule has 0 saturated heterocycles. The van der Waals surface area contributed by atoms with Crippen molar-refractivity contribution in [2.24, 2.45) is 5.92 Å². The number of nitrogens with zero attached hydrogens (tertiary/aromatic N) is 1. The zero-order chi connectivity index (χ0) is 16.1. The summed E-state index contributed by atoms with van der Waals surface area (Å²) in [5, 5.41) is 13.2. The summed E-state index contributed by atoms with van der Waals surface area (Å²) < 4.78 is 5.37. The van der Waals surface area contributed by atoms with Gasteiger partial charge in [0.25, 0.3) is 11.6 Å². The van der Waals surface area contributed by atoms with Crippen molar-refractivity contribution in [3.05, 3.63) is 32.8 Å². The highest BCUT2D eigenvalue weighted by Gasteiger charge is 2.24. The molecule has 2 rings (SSSR count). The number of halogens is 1. The fourth-order valence-electron chi connectivity index (χ4n) is 2.32. The second-order valence-electron chi connectivity index (χ2n) is 5.06. The number of nitro benzene ring substituents is 1. The van der Waals surface area contributed by atoms with Crippen LogP contribution in [-0.2, 0) is 14.3 Å². The third-order valence-corrected chi connectivity index (χ3v) is 4.13. The maximum Gasteiger partial charge on any atom is 0.309 e. The van der Waals surface area contributed by atoms with Crippen LogP contribution in [0.25, 0.3) is 0 Å². The highest BCUT2D eigenvalue weighted by Crippen LogP contribution is 2.27. The highest BCUT2D eigenvalue weighted by molar-refractivity contribution is 9.10. The average Bonchev–Trinajstić information content (AvgIpc) is 3.01. The Hall–Kier alpha value is -1.96. The van der Waals surface area contributed by atoms with Gasteiger partial charge in [0.15, 0.2) is 6.61 Å². The first-order chi connectivity index (χ1) is 10.5. The zero-order valence-electron chi connectivity index (χ0n) is 11.7. The van der Waals surface area contributed by atoms with Crippen LogP contribution in [0.3, 0.4) is 0 Å². The molecule has 0 radical (unpaired) electrons. The van der Waals surface area contributed by atoms with E-state index in [0.29, 0.717) is 10.2 Å². The molecule has 7 nitrogen and oxygen atoms in total. The molecule has 0 bridgehead atoms. The Kier molecular flexibility index (Phi) is 5.48. The number of benzene rings is 1. The number of carbonyl (C=O) groups excluding carboxylic acids is 2. The Balaban J connectivity index is 1.86. The number of carbonyl (C=O) groups is 2. The summed E-state index contributed by atoms with van der Waals surface area (Å²) in [6.45, 7) is -0.362. The van der Waals surface area contributed by atoms with E-state index in [2.05, 4.69) is 21.2 Å². The van der Waals surface area contributed by atoms with E-state index in [4.69, 9.17) is 4.74 Å². The zero-order valence-corrected chi connectivity index (χ0v) is 13.3. The standard InChI is InChI=1S/C14H15BrN2O5/c15-11-7-10(17(20)21)5-6-12(11)16-13(18)8-22-14(19)9-3-1-2-4-9/h5-7,9H,1-4,8H2,(H,16,18). The summed E-state index contributed by atoms with van der Waals surface area (Å²) in [5.41, 5.74) is 0.296. The van der Waals surface area contributed by atoms with Crippen molar-refractivity contribution in [2.45, 2.75) is 25.7 Å². The fourth-order valence-corrected chi connectivity index (χ4v) is 2.79. The Morgan fingerprint density at radius 2 is 2.05 bits per heavy atom. The molecular weight excluding hydrogens is 356 g/mol. The molecule has 0 aromatic heterocycles. The van der Waals surface area contributed by atoms with Gasteiger partial charge in [0.1, 0.15) is 0 Å². The van der Waals surface area contributed by atoms with E-state index >= 15 is 0 Å². The Morgan fingerprint density at radius 3 is 2.64 bits per heavy atom. The lowest BCUT2D eigenvalue weighted by atomic mass is 10.1. The molecule has 1 amide bonds.